The number of hydrogen-bond donors (Lipinski definition) is 0. The minimum absolute atomic E-state index is 0.110. The highest BCUT2D eigenvalue weighted by Gasteiger charge is 2.22. The standard InChI is InChI=1S/C20H23ClN2O3/c1-25-18-7-6-15(19(14-18)26-2)12-20(24)23-10-8-22(9-11-23)17-5-3-4-16(21)13-17/h3-7,13-14H,8-12H2,1-2H3. The number of nitrogens with zero attached hydrogens (tertiary/aromatic N) is 2. The molecule has 2 aromatic rings. The van der Waals surface area contributed by atoms with Crippen molar-refractivity contribution >= 4 is 23.2 Å². The highest BCUT2D eigenvalue weighted by molar-refractivity contribution is 6.30. The van der Waals surface area contributed by atoms with Gasteiger partial charge < -0.3 is 19.3 Å². The molecule has 1 aliphatic rings. The summed E-state index contributed by atoms with van der Waals surface area (Å²) in [6.45, 7) is 2.99. The van der Waals surface area contributed by atoms with Gasteiger partial charge in [0.25, 0.3) is 0 Å². The Labute approximate surface area is 159 Å². The van der Waals surface area contributed by atoms with E-state index in [0.717, 1.165) is 29.4 Å². The molecule has 5 nitrogen and oxygen atoms in total. The van der Waals surface area contributed by atoms with Crippen molar-refractivity contribution in [2.24, 2.45) is 0 Å². The Hall–Kier alpha value is -2.40. The van der Waals surface area contributed by atoms with Gasteiger partial charge in [0, 0.05) is 48.5 Å². The third-order valence-electron chi connectivity index (χ3n) is 4.64. The van der Waals surface area contributed by atoms with Crippen LogP contribution in [0.25, 0.3) is 0 Å². The smallest absolute Gasteiger partial charge is 0.227 e. The molecule has 1 aliphatic heterocycles. The molecular weight excluding hydrogens is 352 g/mol. The molecule has 1 fully saturated rings. The molecule has 0 aromatic heterocycles. The number of carbonyl (C=O) groups excluding carboxylic acids is 1. The van der Waals surface area contributed by atoms with Crippen molar-refractivity contribution in [1.82, 2.24) is 4.90 Å². The van der Waals surface area contributed by atoms with E-state index in [4.69, 9.17) is 21.1 Å². The normalized spacial score (nSPS) is 14.3. The summed E-state index contributed by atoms with van der Waals surface area (Å²) in [6, 6.07) is 13.4. The number of benzene rings is 2. The highest BCUT2D eigenvalue weighted by atomic mass is 35.5. The Kier molecular flexibility index (Phi) is 5.89. The van der Waals surface area contributed by atoms with Crippen LogP contribution in [0.4, 0.5) is 5.69 Å². The van der Waals surface area contributed by atoms with Crippen molar-refractivity contribution in [3.05, 3.63) is 53.1 Å². The van der Waals surface area contributed by atoms with Crippen LogP contribution in [0.2, 0.25) is 5.02 Å². The molecule has 1 amide bonds. The van der Waals surface area contributed by atoms with Crippen molar-refractivity contribution in [2.75, 3.05) is 45.3 Å². The maximum absolute atomic E-state index is 12.7. The fraction of sp³-hybridized carbons (Fsp3) is 0.350. The Morgan fingerprint density at radius 3 is 2.46 bits per heavy atom. The number of rotatable bonds is 5. The van der Waals surface area contributed by atoms with E-state index in [1.165, 1.54) is 0 Å². The van der Waals surface area contributed by atoms with E-state index in [-0.39, 0.29) is 5.91 Å². The Bertz CT molecular complexity index is 773. The summed E-state index contributed by atoms with van der Waals surface area (Å²) in [5.74, 6) is 1.50. The SMILES string of the molecule is COc1ccc(CC(=O)N2CCN(c3cccc(Cl)c3)CC2)c(OC)c1. The molecular formula is C20H23ClN2O3. The van der Waals surface area contributed by atoms with Gasteiger partial charge in [-0.25, -0.2) is 0 Å². The van der Waals surface area contributed by atoms with Crippen molar-refractivity contribution in [3.63, 3.8) is 0 Å². The van der Waals surface area contributed by atoms with Gasteiger partial charge in [0.15, 0.2) is 0 Å². The van der Waals surface area contributed by atoms with E-state index in [1.54, 1.807) is 20.3 Å². The average Bonchev–Trinajstić information content (AvgIpc) is 2.68. The molecule has 6 heteroatoms. The van der Waals surface area contributed by atoms with Crippen molar-refractivity contribution < 1.29 is 14.3 Å². The van der Waals surface area contributed by atoms with Crippen LogP contribution in [-0.4, -0.2) is 51.2 Å². The number of halogens is 1. The molecule has 0 atom stereocenters. The molecule has 0 saturated carbocycles. The van der Waals surface area contributed by atoms with Crippen LogP contribution in [-0.2, 0) is 11.2 Å². The first-order valence-corrected chi connectivity index (χ1v) is 8.97. The first kappa shape index (κ1) is 18.4. The predicted molar refractivity (Wildman–Crippen MR) is 103 cm³/mol. The van der Waals surface area contributed by atoms with Crippen molar-refractivity contribution in [1.29, 1.82) is 0 Å². The van der Waals surface area contributed by atoms with Gasteiger partial charge >= 0.3 is 0 Å². The van der Waals surface area contributed by atoms with Crippen LogP contribution >= 0.6 is 11.6 Å². The fourth-order valence-corrected chi connectivity index (χ4v) is 3.34. The number of methoxy groups -OCH3 is 2. The Morgan fingerprint density at radius 2 is 1.81 bits per heavy atom. The van der Waals surface area contributed by atoms with E-state index >= 15 is 0 Å². The zero-order valence-electron chi connectivity index (χ0n) is 15.1. The first-order chi connectivity index (χ1) is 12.6. The molecule has 138 valence electrons. The maximum Gasteiger partial charge on any atom is 0.227 e. The lowest BCUT2D eigenvalue weighted by Gasteiger charge is -2.36. The maximum atomic E-state index is 12.7. The third kappa shape index (κ3) is 4.22. The summed E-state index contributed by atoms with van der Waals surface area (Å²) in [5.41, 5.74) is 1.97. The lowest BCUT2D eigenvalue weighted by molar-refractivity contribution is -0.130. The van der Waals surface area contributed by atoms with E-state index in [9.17, 15) is 4.79 Å². The van der Waals surface area contributed by atoms with Gasteiger partial charge in [-0.1, -0.05) is 23.7 Å². The van der Waals surface area contributed by atoms with Gasteiger partial charge in [-0.15, -0.1) is 0 Å². The number of amides is 1. The predicted octanol–water partition coefficient (Wildman–Crippen LogP) is 3.25. The van der Waals surface area contributed by atoms with E-state index in [1.807, 2.05) is 41.3 Å². The third-order valence-corrected chi connectivity index (χ3v) is 4.88. The van der Waals surface area contributed by atoms with Crippen LogP contribution in [0.5, 0.6) is 11.5 Å². The zero-order chi connectivity index (χ0) is 18.5. The van der Waals surface area contributed by atoms with Gasteiger partial charge in [0.1, 0.15) is 11.5 Å². The van der Waals surface area contributed by atoms with Crippen molar-refractivity contribution in [3.8, 4) is 11.5 Å². The van der Waals surface area contributed by atoms with Crippen LogP contribution in [0.15, 0.2) is 42.5 Å². The summed E-state index contributed by atoms with van der Waals surface area (Å²) in [7, 11) is 3.21. The summed E-state index contributed by atoms with van der Waals surface area (Å²) in [4.78, 5) is 16.8. The lowest BCUT2D eigenvalue weighted by atomic mass is 10.1. The summed E-state index contributed by atoms with van der Waals surface area (Å²) < 4.78 is 10.6. The van der Waals surface area contributed by atoms with Gasteiger partial charge in [0.2, 0.25) is 5.91 Å². The Morgan fingerprint density at radius 1 is 1.04 bits per heavy atom. The molecule has 1 heterocycles. The van der Waals surface area contributed by atoms with Gasteiger partial charge in [-0.05, 0) is 24.3 Å². The number of ether oxygens (including phenoxy) is 2. The Balaban J connectivity index is 1.60. The van der Waals surface area contributed by atoms with Crippen LogP contribution in [0, 0.1) is 0 Å². The minimum atomic E-state index is 0.110. The minimum Gasteiger partial charge on any atom is -0.497 e. The van der Waals surface area contributed by atoms with Crippen LogP contribution < -0.4 is 14.4 Å². The molecule has 26 heavy (non-hydrogen) atoms. The van der Waals surface area contributed by atoms with E-state index in [2.05, 4.69) is 4.90 Å². The average molecular weight is 375 g/mol. The second-order valence-electron chi connectivity index (χ2n) is 6.20. The zero-order valence-corrected chi connectivity index (χ0v) is 15.8. The number of piperazine rings is 1. The van der Waals surface area contributed by atoms with Crippen LogP contribution in [0.1, 0.15) is 5.56 Å². The largest absolute Gasteiger partial charge is 0.497 e. The molecule has 0 radical (unpaired) electrons. The molecule has 0 spiro atoms. The number of hydrogen-bond acceptors (Lipinski definition) is 4. The van der Waals surface area contributed by atoms with Gasteiger partial charge in [0.05, 0.1) is 20.6 Å². The number of anilines is 1. The summed E-state index contributed by atoms with van der Waals surface area (Å²) >= 11 is 6.07. The van der Waals surface area contributed by atoms with E-state index in [0.29, 0.717) is 31.0 Å². The van der Waals surface area contributed by atoms with Gasteiger partial charge in [-0.3, -0.25) is 4.79 Å². The number of carbonyl (C=O) groups is 1. The monoisotopic (exact) mass is 374 g/mol. The molecule has 2 aromatic carbocycles. The highest BCUT2D eigenvalue weighted by Crippen LogP contribution is 2.26. The summed E-state index contributed by atoms with van der Waals surface area (Å²) in [5, 5.41) is 0.729. The molecule has 0 aliphatic carbocycles. The lowest BCUT2D eigenvalue weighted by Crippen LogP contribution is -2.49. The fourth-order valence-electron chi connectivity index (χ4n) is 3.16. The summed E-state index contributed by atoms with van der Waals surface area (Å²) in [6.07, 6.45) is 0.324. The quantitative estimate of drug-likeness (QED) is 0.805. The van der Waals surface area contributed by atoms with Crippen molar-refractivity contribution in [2.45, 2.75) is 6.42 Å². The van der Waals surface area contributed by atoms with Crippen LogP contribution in [0.3, 0.4) is 0 Å². The molecule has 0 N–H and O–H groups in total. The molecule has 0 bridgehead atoms. The molecule has 3 rings (SSSR count). The van der Waals surface area contributed by atoms with Gasteiger partial charge in [-0.2, -0.15) is 0 Å². The molecule has 1 saturated heterocycles. The first-order valence-electron chi connectivity index (χ1n) is 8.60. The second-order valence-corrected chi connectivity index (χ2v) is 6.64. The topological polar surface area (TPSA) is 42.0 Å². The molecule has 0 unspecified atom stereocenters. The second kappa shape index (κ2) is 8.32. The van der Waals surface area contributed by atoms with E-state index < -0.39 is 0 Å².